The molecular formula is C27H24Br2FNO3. The Morgan fingerprint density at radius 1 is 0.941 bits per heavy atom. The van der Waals surface area contributed by atoms with Crippen molar-refractivity contribution >= 4 is 43.4 Å². The van der Waals surface area contributed by atoms with E-state index in [1.807, 2.05) is 19.2 Å². The van der Waals surface area contributed by atoms with Gasteiger partial charge in [-0.1, -0.05) is 18.2 Å². The fourth-order valence-corrected chi connectivity index (χ4v) is 6.79. The Bertz CT molecular complexity index is 1200. The molecule has 176 valence electrons. The standard InChI is InChI=1S/C27H24Br2FNO3/c1-31-20-8-4-10-22(32)25(20)24(26-21(31)9-5-11-23(26)33)16-12-17(28)27(18(29)13-16)34-14-15-6-2-3-7-19(15)30/h2-3,6-7,12-13,24H,4-5,8-11,14H2,1H3. The smallest absolute Gasteiger partial charge is 0.161 e. The maximum Gasteiger partial charge on any atom is 0.161 e. The zero-order valence-electron chi connectivity index (χ0n) is 18.8. The van der Waals surface area contributed by atoms with Crippen molar-refractivity contribution < 1.29 is 18.7 Å². The predicted octanol–water partition coefficient (Wildman–Crippen LogP) is 6.97. The van der Waals surface area contributed by atoms with Crippen molar-refractivity contribution in [1.29, 1.82) is 0 Å². The largest absolute Gasteiger partial charge is 0.486 e. The molecule has 5 rings (SSSR count). The molecule has 3 aliphatic rings. The van der Waals surface area contributed by atoms with Gasteiger partial charge in [-0.2, -0.15) is 0 Å². The lowest BCUT2D eigenvalue weighted by molar-refractivity contribution is -0.117. The molecule has 1 heterocycles. The van der Waals surface area contributed by atoms with E-state index in [-0.39, 0.29) is 29.9 Å². The first-order valence-electron chi connectivity index (χ1n) is 11.5. The van der Waals surface area contributed by atoms with Gasteiger partial charge in [-0.15, -0.1) is 0 Å². The van der Waals surface area contributed by atoms with Crippen LogP contribution in [0.5, 0.6) is 5.75 Å². The van der Waals surface area contributed by atoms with Crippen molar-refractivity contribution in [3.63, 3.8) is 0 Å². The minimum Gasteiger partial charge on any atom is -0.486 e. The zero-order chi connectivity index (χ0) is 24.0. The summed E-state index contributed by atoms with van der Waals surface area (Å²) in [5, 5.41) is 0. The lowest BCUT2D eigenvalue weighted by atomic mass is 9.71. The molecule has 0 fully saturated rings. The number of hydrogen-bond donors (Lipinski definition) is 0. The summed E-state index contributed by atoms with van der Waals surface area (Å²) >= 11 is 7.23. The number of carbonyl (C=O) groups excluding carboxylic acids is 2. The Balaban J connectivity index is 1.56. The summed E-state index contributed by atoms with van der Waals surface area (Å²) in [4.78, 5) is 28.4. The highest BCUT2D eigenvalue weighted by Crippen LogP contribution is 2.50. The molecule has 4 nitrogen and oxygen atoms in total. The molecule has 0 spiro atoms. The number of allylic oxidation sites excluding steroid dienone is 4. The molecule has 0 bridgehead atoms. The molecule has 0 atom stereocenters. The van der Waals surface area contributed by atoms with Crippen molar-refractivity contribution in [2.45, 2.75) is 51.0 Å². The van der Waals surface area contributed by atoms with Crippen LogP contribution in [0.15, 0.2) is 67.9 Å². The maximum atomic E-state index is 14.0. The Labute approximate surface area is 215 Å². The molecule has 2 aliphatic carbocycles. The molecule has 0 saturated heterocycles. The normalized spacial score (nSPS) is 18.9. The number of ketones is 2. The van der Waals surface area contributed by atoms with E-state index in [9.17, 15) is 14.0 Å². The van der Waals surface area contributed by atoms with Gasteiger partial charge in [0.25, 0.3) is 0 Å². The minimum atomic E-state index is -0.380. The quantitative estimate of drug-likeness (QED) is 0.387. The van der Waals surface area contributed by atoms with Crippen LogP contribution in [0, 0.1) is 5.82 Å². The summed E-state index contributed by atoms with van der Waals surface area (Å²) < 4.78 is 21.4. The van der Waals surface area contributed by atoms with Crippen LogP contribution in [0.25, 0.3) is 0 Å². The number of carbonyl (C=O) groups is 2. The van der Waals surface area contributed by atoms with Crippen molar-refractivity contribution in [1.82, 2.24) is 4.90 Å². The average molecular weight is 589 g/mol. The van der Waals surface area contributed by atoms with E-state index in [0.717, 1.165) is 53.8 Å². The van der Waals surface area contributed by atoms with Crippen molar-refractivity contribution in [2.75, 3.05) is 7.05 Å². The molecule has 7 heteroatoms. The van der Waals surface area contributed by atoms with E-state index in [1.54, 1.807) is 18.2 Å². The second-order valence-corrected chi connectivity index (χ2v) is 10.7. The predicted molar refractivity (Wildman–Crippen MR) is 135 cm³/mol. The summed E-state index contributed by atoms with van der Waals surface area (Å²) in [7, 11) is 1.99. The highest BCUT2D eigenvalue weighted by molar-refractivity contribution is 9.11. The highest BCUT2D eigenvalue weighted by Gasteiger charge is 2.42. The molecule has 0 radical (unpaired) electrons. The van der Waals surface area contributed by atoms with Crippen LogP contribution in [0.1, 0.15) is 55.6 Å². The zero-order valence-corrected chi connectivity index (χ0v) is 22.0. The molecular weight excluding hydrogens is 565 g/mol. The Morgan fingerprint density at radius 3 is 2.06 bits per heavy atom. The van der Waals surface area contributed by atoms with Gasteiger partial charge < -0.3 is 9.64 Å². The lowest BCUT2D eigenvalue weighted by Crippen LogP contribution is -2.37. The molecule has 0 aromatic heterocycles. The minimum absolute atomic E-state index is 0.0824. The fraction of sp³-hybridized carbons (Fsp3) is 0.333. The first-order chi connectivity index (χ1) is 16.4. The van der Waals surface area contributed by atoms with E-state index in [0.29, 0.717) is 33.1 Å². The average Bonchev–Trinajstić information content (AvgIpc) is 2.81. The van der Waals surface area contributed by atoms with Gasteiger partial charge in [0, 0.05) is 53.9 Å². The Hall–Kier alpha value is -2.25. The molecule has 2 aromatic carbocycles. The summed E-state index contributed by atoms with van der Waals surface area (Å²) in [6.07, 6.45) is 4.36. The fourth-order valence-electron chi connectivity index (χ4n) is 5.34. The maximum absolute atomic E-state index is 14.0. The summed E-state index contributed by atoms with van der Waals surface area (Å²) in [5.41, 5.74) is 4.92. The molecule has 1 aliphatic heterocycles. The van der Waals surface area contributed by atoms with Gasteiger partial charge in [-0.05, 0) is 81.3 Å². The number of ether oxygens (including phenoxy) is 1. The molecule has 0 N–H and O–H groups in total. The molecule has 0 unspecified atom stereocenters. The van der Waals surface area contributed by atoms with E-state index >= 15 is 0 Å². The van der Waals surface area contributed by atoms with Crippen LogP contribution >= 0.6 is 31.9 Å². The van der Waals surface area contributed by atoms with E-state index in [2.05, 4.69) is 36.8 Å². The van der Waals surface area contributed by atoms with Gasteiger partial charge in [0.15, 0.2) is 11.6 Å². The highest BCUT2D eigenvalue weighted by atomic mass is 79.9. The number of Topliss-reactive ketones (excluding diaryl/α,β-unsaturated/α-hetero) is 2. The number of nitrogens with zero attached hydrogens (tertiary/aromatic N) is 1. The second-order valence-electron chi connectivity index (χ2n) is 8.96. The summed E-state index contributed by atoms with van der Waals surface area (Å²) in [6, 6.07) is 10.4. The molecule has 34 heavy (non-hydrogen) atoms. The number of halogens is 3. The van der Waals surface area contributed by atoms with Crippen molar-refractivity contribution in [3.8, 4) is 5.75 Å². The van der Waals surface area contributed by atoms with Crippen LogP contribution < -0.4 is 4.74 Å². The van der Waals surface area contributed by atoms with E-state index in [4.69, 9.17) is 4.74 Å². The first-order valence-corrected chi connectivity index (χ1v) is 13.1. The van der Waals surface area contributed by atoms with Crippen molar-refractivity contribution in [3.05, 3.63) is 84.8 Å². The molecule has 0 amide bonds. The molecule has 2 aromatic rings. The first kappa shape index (κ1) is 23.5. The van der Waals surface area contributed by atoms with Crippen LogP contribution in [0.3, 0.4) is 0 Å². The number of hydrogen-bond acceptors (Lipinski definition) is 4. The van der Waals surface area contributed by atoms with Gasteiger partial charge in [0.2, 0.25) is 0 Å². The SMILES string of the molecule is CN1C2=C(C(=O)CCC2)C(c2cc(Br)c(OCc3ccccc3F)c(Br)c2)C2=C1CCCC2=O. The van der Waals surface area contributed by atoms with E-state index in [1.165, 1.54) is 6.07 Å². The molecule has 0 saturated carbocycles. The van der Waals surface area contributed by atoms with Gasteiger partial charge in [-0.25, -0.2) is 4.39 Å². The Morgan fingerprint density at radius 2 is 1.50 bits per heavy atom. The third-order valence-corrected chi connectivity index (χ3v) is 8.11. The van der Waals surface area contributed by atoms with Crippen molar-refractivity contribution in [2.24, 2.45) is 0 Å². The third-order valence-electron chi connectivity index (χ3n) is 6.93. The van der Waals surface area contributed by atoms with Gasteiger partial charge in [0.05, 0.1) is 8.95 Å². The second kappa shape index (κ2) is 9.42. The van der Waals surface area contributed by atoms with Crippen LogP contribution in [0.2, 0.25) is 0 Å². The van der Waals surface area contributed by atoms with Gasteiger partial charge in [0.1, 0.15) is 18.2 Å². The topological polar surface area (TPSA) is 46.6 Å². The third kappa shape index (κ3) is 4.07. The number of rotatable bonds is 4. The monoisotopic (exact) mass is 587 g/mol. The Kier molecular flexibility index (Phi) is 6.51. The van der Waals surface area contributed by atoms with Crippen LogP contribution in [0.4, 0.5) is 4.39 Å². The van der Waals surface area contributed by atoms with Crippen LogP contribution in [-0.4, -0.2) is 23.5 Å². The van der Waals surface area contributed by atoms with Crippen LogP contribution in [-0.2, 0) is 16.2 Å². The van der Waals surface area contributed by atoms with Gasteiger partial charge in [-0.3, -0.25) is 9.59 Å². The lowest BCUT2D eigenvalue weighted by Gasteiger charge is -2.42. The van der Waals surface area contributed by atoms with E-state index < -0.39 is 0 Å². The summed E-state index contributed by atoms with van der Waals surface area (Å²) in [5.74, 6) is 0.0943. The van der Waals surface area contributed by atoms with Gasteiger partial charge >= 0.3 is 0 Å². The summed E-state index contributed by atoms with van der Waals surface area (Å²) in [6.45, 7) is 0.0824. The number of benzene rings is 2.